The Kier molecular flexibility index (Phi) is 1.88. The molecule has 3 aromatic heterocycles. The molecule has 4 rings (SSSR count). The van der Waals surface area contributed by atoms with E-state index in [9.17, 15) is 0 Å². The van der Waals surface area contributed by atoms with Crippen LogP contribution in [0.2, 0.25) is 0 Å². The lowest BCUT2D eigenvalue weighted by Crippen LogP contribution is -2.00. The SMILES string of the molecule is Nc1nc2ccccc2c2nc(-c3cn[nH]c3)cn12. The summed E-state index contributed by atoms with van der Waals surface area (Å²) in [6.07, 6.45) is 5.40. The first-order valence-corrected chi connectivity index (χ1v) is 5.85. The summed E-state index contributed by atoms with van der Waals surface area (Å²) in [5, 5.41) is 7.69. The van der Waals surface area contributed by atoms with Crippen molar-refractivity contribution >= 4 is 22.5 Å². The van der Waals surface area contributed by atoms with Gasteiger partial charge in [0.15, 0.2) is 0 Å². The molecule has 0 aliphatic rings. The number of anilines is 1. The van der Waals surface area contributed by atoms with Crippen LogP contribution in [0.3, 0.4) is 0 Å². The Morgan fingerprint density at radius 2 is 2.05 bits per heavy atom. The minimum atomic E-state index is 0.427. The number of aromatic nitrogens is 5. The fraction of sp³-hybridized carbons (Fsp3) is 0. The molecule has 19 heavy (non-hydrogen) atoms. The van der Waals surface area contributed by atoms with Crippen LogP contribution in [0.25, 0.3) is 27.8 Å². The molecule has 3 heterocycles. The minimum absolute atomic E-state index is 0.427. The van der Waals surface area contributed by atoms with Gasteiger partial charge in [0.25, 0.3) is 0 Å². The average molecular weight is 250 g/mol. The van der Waals surface area contributed by atoms with Crippen molar-refractivity contribution in [3.05, 3.63) is 42.9 Å². The Morgan fingerprint density at radius 1 is 1.16 bits per heavy atom. The molecule has 0 saturated carbocycles. The van der Waals surface area contributed by atoms with Gasteiger partial charge in [0.05, 0.1) is 17.4 Å². The maximum atomic E-state index is 5.98. The highest BCUT2D eigenvalue weighted by Gasteiger charge is 2.11. The van der Waals surface area contributed by atoms with Gasteiger partial charge in [-0.2, -0.15) is 5.10 Å². The zero-order chi connectivity index (χ0) is 12.8. The van der Waals surface area contributed by atoms with Crippen molar-refractivity contribution in [3.8, 4) is 11.3 Å². The molecule has 6 heteroatoms. The Bertz CT molecular complexity index is 875. The van der Waals surface area contributed by atoms with Crippen LogP contribution in [0.1, 0.15) is 0 Å². The molecule has 0 unspecified atom stereocenters. The molecule has 92 valence electrons. The predicted octanol–water partition coefficient (Wildman–Crippen LogP) is 1.85. The van der Waals surface area contributed by atoms with Crippen molar-refractivity contribution in [3.63, 3.8) is 0 Å². The summed E-state index contributed by atoms with van der Waals surface area (Å²) >= 11 is 0. The van der Waals surface area contributed by atoms with Crippen molar-refractivity contribution < 1.29 is 0 Å². The van der Waals surface area contributed by atoms with Crippen LogP contribution in [0.15, 0.2) is 42.9 Å². The minimum Gasteiger partial charge on any atom is -0.369 e. The first kappa shape index (κ1) is 10.1. The van der Waals surface area contributed by atoms with E-state index in [2.05, 4.69) is 20.2 Å². The lowest BCUT2D eigenvalue weighted by atomic mass is 10.2. The highest BCUT2D eigenvalue weighted by molar-refractivity contribution is 5.93. The molecular formula is C13H10N6. The van der Waals surface area contributed by atoms with Crippen LogP contribution in [0.5, 0.6) is 0 Å². The van der Waals surface area contributed by atoms with Gasteiger partial charge in [-0.25, -0.2) is 9.97 Å². The van der Waals surface area contributed by atoms with Gasteiger partial charge < -0.3 is 5.73 Å². The Hall–Kier alpha value is -2.89. The smallest absolute Gasteiger partial charge is 0.206 e. The Labute approximate surface area is 107 Å². The van der Waals surface area contributed by atoms with Crippen LogP contribution in [-0.4, -0.2) is 24.6 Å². The van der Waals surface area contributed by atoms with Gasteiger partial charge in [-0.3, -0.25) is 9.50 Å². The van der Waals surface area contributed by atoms with Crippen molar-refractivity contribution in [1.29, 1.82) is 0 Å². The van der Waals surface area contributed by atoms with E-state index < -0.39 is 0 Å². The number of nitrogen functional groups attached to an aromatic ring is 1. The third-order valence-corrected chi connectivity index (χ3v) is 3.13. The normalized spacial score (nSPS) is 11.4. The number of aromatic amines is 1. The van der Waals surface area contributed by atoms with Crippen LogP contribution in [-0.2, 0) is 0 Å². The number of nitrogens with two attached hydrogens (primary N) is 1. The number of hydrogen-bond donors (Lipinski definition) is 2. The molecule has 0 saturated heterocycles. The highest BCUT2D eigenvalue weighted by Crippen LogP contribution is 2.24. The number of rotatable bonds is 1. The van der Waals surface area contributed by atoms with Crippen LogP contribution < -0.4 is 5.73 Å². The van der Waals surface area contributed by atoms with E-state index in [0.29, 0.717) is 5.95 Å². The van der Waals surface area contributed by atoms with Crippen molar-refractivity contribution in [2.45, 2.75) is 0 Å². The first-order chi connectivity index (χ1) is 9.33. The van der Waals surface area contributed by atoms with Gasteiger partial charge in [0.2, 0.25) is 5.95 Å². The van der Waals surface area contributed by atoms with Gasteiger partial charge >= 0.3 is 0 Å². The van der Waals surface area contributed by atoms with Gasteiger partial charge in [-0.15, -0.1) is 0 Å². The number of nitrogens with zero attached hydrogens (tertiary/aromatic N) is 4. The fourth-order valence-electron chi connectivity index (χ4n) is 2.21. The van der Waals surface area contributed by atoms with Crippen molar-refractivity contribution in [1.82, 2.24) is 24.6 Å². The summed E-state index contributed by atoms with van der Waals surface area (Å²) in [6, 6.07) is 7.82. The summed E-state index contributed by atoms with van der Waals surface area (Å²) < 4.78 is 1.80. The van der Waals surface area contributed by atoms with E-state index in [1.807, 2.05) is 30.5 Å². The second-order valence-electron chi connectivity index (χ2n) is 4.29. The summed E-state index contributed by atoms with van der Waals surface area (Å²) in [4.78, 5) is 9.00. The van der Waals surface area contributed by atoms with Crippen molar-refractivity contribution in [2.24, 2.45) is 0 Å². The molecule has 0 amide bonds. The Morgan fingerprint density at radius 3 is 2.89 bits per heavy atom. The molecule has 0 bridgehead atoms. The largest absolute Gasteiger partial charge is 0.369 e. The molecule has 0 radical (unpaired) electrons. The lowest BCUT2D eigenvalue weighted by molar-refractivity contribution is 1.09. The molecule has 0 fully saturated rings. The zero-order valence-electron chi connectivity index (χ0n) is 9.91. The number of benzene rings is 1. The molecular weight excluding hydrogens is 240 g/mol. The third kappa shape index (κ3) is 1.40. The number of fused-ring (bicyclic) bond motifs is 3. The van der Waals surface area contributed by atoms with E-state index >= 15 is 0 Å². The van der Waals surface area contributed by atoms with E-state index in [0.717, 1.165) is 27.8 Å². The van der Waals surface area contributed by atoms with Gasteiger partial charge in [-0.05, 0) is 12.1 Å². The third-order valence-electron chi connectivity index (χ3n) is 3.13. The standard InChI is InChI=1S/C13H10N6/c14-13-18-10-4-2-1-3-9(10)12-17-11(7-19(12)13)8-5-15-16-6-8/h1-7H,(H2,14,18)(H,15,16). The number of nitrogens with one attached hydrogen (secondary N) is 1. The number of para-hydroxylation sites is 1. The number of imidazole rings is 1. The fourth-order valence-corrected chi connectivity index (χ4v) is 2.21. The molecule has 0 atom stereocenters. The second-order valence-corrected chi connectivity index (χ2v) is 4.29. The van der Waals surface area contributed by atoms with E-state index in [1.165, 1.54) is 0 Å². The summed E-state index contributed by atoms with van der Waals surface area (Å²) in [6.45, 7) is 0. The molecule has 3 N–H and O–H groups in total. The predicted molar refractivity (Wildman–Crippen MR) is 72.5 cm³/mol. The van der Waals surface area contributed by atoms with Gasteiger partial charge in [0.1, 0.15) is 5.65 Å². The van der Waals surface area contributed by atoms with Gasteiger partial charge in [0, 0.05) is 23.3 Å². The Balaban J connectivity index is 2.12. The summed E-state index contributed by atoms with van der Waals surface area (Å²) in [7, 11) is 0. The maximum Gasteiger partial charge on any atom is 0.206 e. The monoisotopic (exact) mass is 250 g/mol. The summed E-state index contributed by atoms with van der Waals surface area (Å²) in [5.74, 6) is 0.427. The number of H-pyrrole nitrogens is 1. The number of hydrogen-bond acceptors (Lipinski definition) is 4. The molecule has 0 aliphatic carbocycles. The van der Waals surface area contributed by atoms with Crippen LogP contribution >= 0.6 is 0 Å². The van der Waals surface area contributed by atoms with Crippen molar-refractivity contribution in [2.75, 3.05) is 5.73 Å². The lowest BCUT2D eigenvalue weighted by Gasteiger charge is -2.02. The average Bonchev–Trinajstić information content (AvgIpc) is 3.08. The van der Waals surface area contributed by atoms with E-state index in [1.54, 1.807) is 16.8 Å². The van der Waals surface area contributed by atoms with Crippen LogP contribution in [0.4, 0.5) is 5.95 Å². The molecule has 0 aliphatic heterocycles. The zero-order valence-corrected chi connectivity index (χ0v) is 9.91. The topological polar surface area (TPSA) is 84.9 Å². The van der Waals surface area contributed by atoms with Gasteiger partial charge in [-0.1, -0.05) is 12.1 Å². The maximum absolute atomic E-state index is 5.98. The second kappa shape index (κ2) is 3.55. The van der Waals surface area contributed by atoms with Crippen LogP contribution in [0, 0.1) is 0 Å². The summed E-state index contributed by atoms with van der Waals surface area (Å²) in [5.41, 5.74) is 9.37. The van der Waals surface area contributed by atoms with E-state index in [-0.39, 0.29) is 0 Å². The molecule has 1 aromatic carbocycles. The highest BCUT2D eigenvalue weighted by atomic mass is 15.1. The molecule has 4 aromatic rings. The molecule has 6 nitrogen and oxygen atoms in total. The van der Waals surface area contributed by atoms with E-state index in [4.69, 9.17) is 5.73 Å². The first-order valence-electron chi connectivity index (χ1n) is 5.85. The quantitative estimate of drug-likeness (QED) is 0.540. The molecule has 0 spiro atoms.